The highest BCUT2D eigenvalue weighted by Crippen LogP contribution is 2.37. The molecule has 0 aliphatic heterocycles. The van der Waals surface area contributed by atoms with Crippen LogP contribution < -0.4 is 8.61 Å². The summed E-state index contributed by atoms with van der Waals surface area (Å²) in [4.78, 5) is -1.20. The van der Waals surface area contributed by atoms with Crippen LogP contribution in [0.15, 0.2) is 59.5 Å². The molecule has 3 aromatic rings. The fraction of sp³-hybridized carbons (Fsp3) is 0.100. The Morgan fingerprint density at radius 2 is 1.41 bits per heavy atom. The summed E-state index contributed by atoms with van der Waals surface area (Å²) in [7, 11) is -4.84. The first-order valence-corrected chi connectivity index (χ1v) is 11.3. The molecule has 12 heteroatoms. The second-order valence-corrected chi connectivity index (χ2v) is 9.00. The van der Waals surface area contributed by atoms with Gasteiger partial charge in [0.2, 0.25) is 0 Å². The molecule has 3 rings (SSSR count). The topological polar surface area (TPSA) is 125 Å². The zero-order chi connectivity index (χ0) is 23.5. The number of sulfonamides is 1. The molecule has 1 N–H and O–H groups in total. The van der Waals surface area contributed by atoms with Crippen molar-refractivity contribution in [2.45, 2.75) is 4.90 Å². The SMILES string of the molecule is N#CCN(c1ccc(N(CC#N)S(=O)(=O)c2c(F)cccc2F)c2ccccc12)S(=O)O. The van der Waals surface area contributed by atoms with E-state index < -0.39 is 50.9 Å². The van der Waals surface area contributed by atoms with Crippen molar-refractivity contribution in [1.82, 2.24) is 0 Å². The first-order valence-electron chi connectivity index (χ1n) is 8.85. The molecule has 0 radical (unpaired) electrons. The molecule has 0 amide bonds. The van der Waals surface area contributed by atoms with E-state index in [1.165, 1.54) is 24.3 Å². The number of hydrogen-bond acceptors (Lipinski definition) is 5. The van der Waals surface area contributed by atoms with Crippen LogP contribution in [0, 0.1) is 34.3 Å². The normalized spacial score (nSPS) is 12.0. The lowest BCUT2D eigenvalue weighted by molar-refractivity contribution is 0.518. The monoisotopic (exact) mass is 476 g/mol. The van der Waals surface area contributed by atoms with Crippen molar-refractivity contribution < 1.29 is 26.0 Å². The van der Waals surface area contributed by atoms with Crippen molar-refractivity contribution in [2.75, 3.05) is 21.7 Å². The van der Waals surface area contributed by atoms with Gasteiger partial charge in [0, 0.05) is 10.8 Å². The second-order valence-electron chi connectivity index (χ2n) is 6.30. The average Bonchev–Trinajstić information content (AvgIpc) is 2.75. The molecule has 0 aromatic heterocycles. The third-order valence-corrected chi connectivity index (χ3v) is 7.01. The Labute approximate surface area is 185 Å². The van der Waals surface area contributed by atoms with E-state index in [1.807, 2.05) is 0 Å². The molecule has 8 nitrogen and oxygen atoms in total. The van der Waals surface area contributed by atoms with Crippen molar-refractivity contribution in [3.8, 4) is 12.1 Å². The van der Waals surface area contributed by atoms with Gasteiger partial charge < -0.3 is 0 Å². The minimum atomic E-state index is -4.84. The van der Waals surface area contributed by atoms with Crippen LogP contribution in [0.2, 0.25) is 0 Å². The van der Waals surface area contributed by atoms with Crippen LogP contribution in [-0.2, 0) is 21.3 Å². The molecule has 0 aliphatic rings. The molecule has 164 valence electrons. The van der Waals surface area contributed by atoms with Gasteiger partial charge in [-0.25, -0.2) is 21.4 Å². The molecule has 1 atom stereocenters. The summed E-state index contributed by atoms with van der Waals surface area (Å²) in [6.07, 6.45) is 0. The van der Waals surface area contributed by atoms with Crippen molar-refractivity contribution >= 4 is 43.4 Å². The van der Waals surface area contributed by atoms with Crippen LogP contribution >= 0.6 is 0 Å². The molecule has 3 aromatic carbocycles. The standard InChI is InChI=1S/C20H14F2N4O4S2/c21-16-6-3-7-17(22)20(16)32(29,30)26(13-11-24)19-9-8-18(25(12-10-23)31(27)28)14-4-1-2-5-15(14)19/h1-9H,12-13H2,(H,27,28). The fourth-order valence-electron chi connectivity index (χ4n) is 3.19. The van der Waals surface area contributed by atoms with Gasteiger partial charge in [0.15, 0.2) is 4.90 Å². The summed E-state index contributed by atoms with van der Waals surface area (Å²) in [6, 6.07) is 14.7. The number of halogens is 2. The maximum atomic E-state index is 14.3. The van der Waals surface area contributed by atoms with Crippen LogP contribution in [0.5, 0.6) is 0 Å². The maximum Gasteiger partial charge on any atom is 0.271 e. The van der Waals surface area contributed by atoms with Gasteiger partial charge in [-0.2, -0.15) is 10.5 Å². The predicted molar refractivity (Wildman–Crippen MR) is 114 cm³/mol. The van der Waals surface area contributed by atoms with E-state index in [2.05, 4.69) is 0 Å². The van der Waals surface area contributed by atoms with Gasteiger partial charge in [-0.15, -0.1) is 0 Å². The fourth-order valence-corrected chi connectivity index (χ4v) is 5.18. The summed E-state index contributed by atoms with van der Waals surface area (Å²) in [5, 5.41) is 18.7. The van der Waals surface area contributed by atoms with E-state index in [0.717, 1.165) is 22.5 Å². The molecular weight excluding hydrogens is 462 g/mol. The van der Waals surface area contributed by atoms with Crippen LogP contribution in [0.3, 0.4) is 0 Å². The van der Waals surface area contributed by atoms with Crippen LogP contribution in [0.25, 0.3) is 10.8 Å². The van der Waals surface area contributed by atoms with E-state index in [9.17, 15) is 31.2 Å². The summed E-state index contributed by atoms with van der Waals surface area (Å²) in [5.74, 6) is -2.63. The quantitative estimate of drug-likeness (QED) is 0.412. The van der Waals surface area contributed by atoms with Crippen LogP contribution in [-0.4, -0.2) is 30.3 Å². The molecule has 32 heavy (non-hydrogen) atoms. The summed E-state index contributed by atoms with van der Waals surface area (Å²) >= 11 is -2.56. The number of benzene rings is 3. The molecule has 0 spiro atoms. The van der Waals surface area contributed by atoms with Crippen molar-refractivity contribution in [1.29, 1.82) is 10.5 Å². The van der Waals surface area contributed by atoms with Gasteiger partial charge in [0.1, 0.15) is 24.7 Å². The Morgan fingerprint density at radius 3 is 1.94 bits per heavy atom. The average molecular weight is 476 g/mol. The Balaban J connectivity index is 2.30. The number of hydrogen-bond donors (Lipinski definition) is 1. The largest absolute Gasteiger partial charge is 0.289 e. The highest BCUT2D eigenvalue weighted by atomic mass is 32.2. The Bertz CT molecular complexity index is 1380. The lowest BCUT2D eigenvalue weighted by Crippen LogP contribution is -2.33. The summed E-state index contributed by atoms with van der Waals surface area (Å²) in [5.41, 5.74) is 0.0762. The highest BCUT2D eigenvalue weighted by Gasteiger charge is 2.32. The molecular formula is C20H14F2N4O4S2. The Kier molecular flexibility index (Phi) is 6.69. The summed E-state index contributed by atoms with van der Waals surface area (Å²) < 4.78 is 77.7. The van der Waals surface area contributed by atoms with E-state index >= 15 is 0 Å². The molecule has 0 fully saturated rings. The van der Waals surface area contributed by atoms with Crippen molar-refractivity contribution in [3.05, 3.63) is 66.2 Å². The molecule has 0 bridgehead atoms. The van der Waals surface area contributed by atoms with Gasteiger partial charge in [-0.3, -0.25) is 13.2 Å². The molecule has 0 saturated heterocycles. The summed E-state index contributed by atoms with van der Waals surface area (Å²) in [6.45, 7) is -1.19. The number of nitrogens with zero attached hydrogens (tertiary/aromatic N) is 4. The smallest absolute Gasteiger partial charge is 0.271 e. The zero-order valence-electron chi connectivity index (χ0n) is 16.1. The zero-order valence-corrected chi connectivity index (χ0v) is 17.8. The van der Waals surface area contributed by atoms with Crippen molar-refractivity contribution in [2.24, 2.45) is 0 Å². The van der Waals surface area contributed by atoms with Crippen LogP contribution in [0.1, 0.15) is 0 Å². The van der Waals surface area contributed by atoms with E-state index in [1.54, 1.807) is 24.3 Å². The number of anilines is 2. The maximum absolute atomic E-state index is 14.3. The van der Waals surface area contributed by atoms with Gasteiger partial charge >= 0.3 is 0 Å². The van der Waals surface area contributed by atoms with E-state index in [0.29, 0.717) is 4.31 Å². The number of rotatable bonds is 7. The highest BCUT2D eigenvalue weighted by molar-refractivity contribution is 7.92. The number of nitriles is 2. The van der Waals surface area contributed by atoms with Gasteiger partial charge in [0.25, 0.3) is 21.3 Å². The second kappa shape index (κ2) is 9.28. The molecule has 0 saturated carbocycles. The van der Waals surface area contributed by atoms with Crippen LogP contribution in [0.4, 0.5) is 20.2 Å². The molecule has 0 aliphatic carbocycles. The Hall–Kier alpha value is -3.58. The van der Waals surface area contributed by atoms with Gasteiger partial charge in [-0.1, -0.05) is 30.3 Å². The predicted octanol–water partition coefficient (Wildman–Crippen LogP) is 3.30. The molecule has 1 unspecified atom stereocenters. The van der Waals surface area contributed by atoms with Crippen molar-refractivity contribution in [3.63, 3.8) is 0 Å². The third kappa shape index (κ3) is 4.11. The van der Waals surface area contributed by atoms with Gasteiger partial charge in [0.05, 0.1) is 23.5 Å². The first kappa shape index (κ1) is 23.1. The van der Waals surface area contributed by atoms with E-state index in [-0.39, 0.29) is 22.1 Å². The Morgan fingerprint density at radius 1 is 0.875 bits per heavy atom. The molecule has 0 heterocycles. The van der Waals surface area contributed by atoms with E-state index in [4.69, 9.17) is 5.26 Å². The minimum Gasteiger partial charge on any atom is -0.289 e. The minimum absolute atomic E-state index is 0.0748. The van der Waals surface area contributed by atoms with Gasteiger partial charge in [-0.05, 0) is 24.3 Å². The first-order chi connectivity index (χ1) is 15.2. The number of fused-ring (bicyclic) bond motifs is 1. The third-order valence-electron chi connectivity index (χ3n) is 4.50. The lowest BCUT2D eigenvalue weighted by Gasteiger charge is -2.26. The lowest BCUT2D eigenvalue weighted by atomic mass is 10.1.